The molecule has 1 aliphatic rings. The number of hydrogen-bond acceptors (Lipinski definition) is 5. The van der Waals surface area contributed by atoms with Gasteiger partial charge in [-0.1, -0.05) is 13.8 Å². The van der Waals surface area contributed by atoms with E-state index in [-0.39, 0.29) is 0 Å². The minimum atomic E-state index is 0.619. The predicted molar refractivity (Wildman–Crippen MR) is 91.4 cm³/mol. The van der Waals surface area contributed by atoms with E-state index in [9.17, 15) is 0 Å². The molecule has 4 nitrogen and oxygen atoms in total. The van der Waals surface area contributed by atoms with Gasteiger partial charge in [-0.25, -0.2) is 0 Å². The van der Waals surface area contributed by atoms with Crippen molar-refractivity contribution in [1.29, 1.82) is 0 Å². The number of anilines is 2. The first-order valence-electron chi connectivity index (χ1n) is 7.30. The Kier molecular flexibility index (Phi) is 8.30. The largest absolute Gasteiger partial charge is 0.495 e. The average Bonchev–Trinajstić information content (AvgIpc) is 2.55. The zero-order valence-corrected chi connectivity index (χ0v) is 13.6. The van der Waals surface area contributed by atoms with Crippen molar-refractivity contribution >= 4 is 23.1 Å². The van der Waals surface area contributed by atoms with Crippen molar-refractivity contribution in [1.82, 2.24) is 0 Å². The van der Waals surface area contributed by atoms with E-state index in [1.165, 1.54) is 17.2 Å². The van der Waals surface area contributed by atoms with Crippen molar-refractivity contribution in [2.24, 2.45) is 5.73 Å². The van der Waals surface area contributed by atoms with Gasteiger partial charge < -0.3 is 20.7 Å². The van der Waals surface area contributed by atoms with Gasteiger partial charge in [0.2, 0.25) is 0 Å². The van der Waals surface area contributed by atoms with Gasteiger partial charge >= 0.3 is 0 Å². The van der Waals surface area contributed by atoms with Crippen molar-refractivity contribution in [3.8, 4) is 5.75 Å². The van der Waals surface area contributed by atoms with Gasteiger partial charge in [0.15, 0.2) is 0 Å². The molecular formula is C15H27N3OS. The maximum absolute atomic E-state index is 5.50. The fourth-order valence-electron chi connectivity index (χ4n) is 2.05. The van der Waals surface area contributed by atoms with Gasteiger partial charge in [0.25, 0.3) is 0 Å². The monoisotopic (exact) mass is 297 g/mol. The van der Waals surface area contributed by atoms with E-state index >= 15 is 0 Å². The third kappa shape index (κ3) is 4.80. The summed E-state index contributed by atoms with van der Waals surface area (Å²) in [6, 6.07) is 6.33. The fraction of sp³-hybridized carbons (Fsp3) is 0.600. The van der Waals surface area contributed by atoms with Crippen molar-refractivity contribution in [3.63, 3.8) is 0 Å². The van der Waals surface area contributed by atoms with Gasteiger partial charge in [-0.3, -0.25) is 0 Å². The summed E-state index contributed by atoms with van der Waals surface area (Å²) in [6.45, 7) is 7.61. The molecule has 0 bridgehead atoms. The van der Waals surface area contributed by atoms with Crippen LogP contribution in [0, 0.1) is 0 Å². The van der Waals surface area contributed by atoms with Gasteiger partial charge in [-0.15, -0.1) is 0 Å². The Morgan fingerprint density at radius 3 is 2.60 bits per heavy atom. The van der Waals surface area contributed by atoms with Crippen LogP contribution in [0.1, 0.15) is 13.8 Å². The Balaban J connectivity index is 0.000000956. The summed E-state index contributed by atoms with van der Waals surface area (Å²) < 4.78 is 5.44. The van der Waals surface area contributed by atoms with E-state index < -0.39 is 0 Å². The molecule has 0 amide bonds. The second kappa shape index (κ2) is 9.77. The van der Waals surface area contributed by atoms with Crippen LogP contribution >= 0.6 is 11.8 Å². The summed E-state index contributed by atoms with van der Waals surface area (Å²) in [7, 11) is 1.71. The molecular weight excluding hydrogens is 270 g/mol. The quantitative estimate of drug-likeness (QED) is 0.875. The Hall–Kier alpha value is -1.07. The summed E-state index contributed by atoms with van der Waals surface area (Å²) in [4.78, 5) is 2.41. The zero-order chi connectivity index (χ0) is 14.8. The maximum atomic E-state index is 5.50. The molecule has 0 aromatic heterocycles. The molecule has 1 fully saturated rings. The maximum Gasteiger partial charge on any atom is 0.144 e. The number of methoxy groups -OCH3 is 1. The normalized spacial score (nSPS) is 14.3. The number of hydrogen-bond donors (Lipinski definition) is 2. The van der Waals surface area contributed by atoms with Crippen LogP contribution in [0.2, 0.25) is 0 Å². The molecule has 20 heavy (non-hydrogen) atoms. The number of rotatable bonds is 5. The lowest BCUT2D eigenvalue weighted by Crippen LogP contribution is -2.32. The minimum absolute atomic E-state index is 0.619. The van der Waals surface area contributed by atoms with Crippen LogP contribution < -0.4 is 20.7 Å². The van der Waals surface area contributed by atoms with E-state index in [0.717, 1.165) is 31.1 Å². The Morgan fingerprint density at radius 2 is 2.00 bits per heavy atom. The summed E-state index contributed by atoms with van der Waals surface area (Å²) >= 11 is 2.02. The number of nitrogens with one attached hydrogen (secondary N) is 1. The molecule has 1 saturated heterocycles. The lowest BCUT2D eigenvalue weighted by atomic mass is 10.2. The predicted octanol–water partition coefficient (Wildman–Crippen LogP) is 2.65. The standard InChI is InChI=1S/C13H21N3OS.C2H6/c1-17-13-10-11(16-6-8-18-9-7-16)2-3-12(13)15-5-4-14;1-2/h2-3,10,15H,4-9,14H2,1H3;1-2H3. The zero-order valence-electron chi connectivity index (χ0n) is 12.8. The summed E-state index contributed by atoms with van der Waals surface area (Å²) in [5, 5.41) is 3.27. The number of thioether (sulfide) groups is 1. The lowest BCUT2D eigenvalue weighted by Gasteiger charge is -2.29. The first-order valence-corrected chi connectivity index (χ1v) is 8.45. The SMILES string of the molecule is CC.COc1cc(N2CCSCC2)ccc1NCCN. The molecule has 1 aliphatic heterocycles. The summed E-state index contributed by atoms with van der Waals surface area (Å²) in [6.07, 6.45) is 0. The molecule has 0 saturated carbocycles. The highest BCUT2D eigenvalue weighted by Gasteiger charge is 2.13. The third-order valence-corrected chi connectivity index (χ3v) is 3.96. The molecule has 0 aliphatic carbocycles. The van der Waals surface area contributed by atoms with Crippen molar-refractivity contribution in [2.75, 3.05) is 55.0 Å². The number of benzene rings is 1. The molecule has 3 N–H and O–H groups in total. The second-order valence-electron chi connectivity index (χ2n) is 4.20. The smallest absolute Gasteiger partial charge is 0.144 e. The minimum Gasteiger partial charge on any atom is -0.495 e. The molecule has 0 atom stereocenters. The lowest BCUT2D eigenvalue weighted by molar-refractivity contribution is 0.416. The van der Waals surface area contributed by atoms with E-state index in [0.29, 0.717) is 6.54 Å². The summed E-state index contributed by atoms with van der Waals surface area (Å²) in [5.74, 6) is 3.30. The molecule has 114 valence electrons. The van der Waals surface area contributed by atoms with Crippen LogP contribution in [0.3, 0.4) is 0 Å². The van der Waals surface area contributed by atoms with Crippen LogP contribution in [0.4, 0.5) is 11.4 Å². The van der Waals surface area contributed by atoms with Crippen LogP contribution in [-0.4, -0.2) is 44.8 Å². The molecule has 1 aromatic carbocycles. The van der Waals surface area contributed by atoms with Crippen LogP contribution in [0.5, 0.6) is 5.75 Å². The third-order valence-electron chi connectivity index (χ3n) is 3.02. The highest BCUT2D eigenvalue weighted by molar-refractivity contribution is 7.99. The van der Waals surface area contributed by atoms with E-state index in [4.69, 9.17) is 10.5 Å². The molecule has 0 unspecified atom stereocenters. The molecule has 1 aromatic rings. The van der Waals surface area contributed by atoms with Crippen molar-refractivity contribution in [3.05, 3.63) is 18.2 Å². The van der Waals surface area contributed by atoms with E-state index in [1.807, 2.05) is 25.6 Å². The number of ether oxygens (including phenoxy) is 1. The summed E-state index contributed by atoms with van der Waals surface area (Å²) in [5.41, 5.74) is 7.75. The van der Waals surface area contributed by atoms with Crippen molar-refractivity contribution < 1.29 is 4.74 Å². The van der Waals surface area contributed by atoms with Gasteiger partial charge in [-0.05, 0) is 12.1 Å². The molecule has 0 radical (unpaired) electrons. The van der Waals surface area contributed by atoms with Crippen LogP contribution in [-0.2, 0) is 0 Å². The highest BCUT2D eigenvalue weighted by Crippen LogP contribution is 2.30. The first-order chi connectivity index (χ1) is 9.85. The second-order valence-corrected chi connectivity index (χ2v) is 5.42. The Labute approximate surface area is 127 Å². The average molecular weight is 297 g/mol. The first kappa shape index (κ1) is 17.0. The molecule has 1 heterocycles. The Bertz CT molecular complexity index is 381. The number of nitrogens with zero attached hydrogens (tertiary/aromatic N) is 1. The van der Waals surface area contributed by atoms with E-state index in [1.54, 1.807) is 7.11 Å². The van der Waals surface area contributed by atoms with Gasteiger partial charge in [0.05, 0.1) is 12.8 Å². The van der Waals surface area contributed by atoms with Crippen LogP contribution in [0.15, 0.2) is 18.2 Å². The van der Waals surface area contributed by atoms with Gasteiger partial charge in [0, 0.05) is 49.4 Å². The van der Waals surface area contributed by atoms with Gasteiger partial charge in [-0.2, -0.15) is 11.8 Å². The highest BCUT2D eigenvalue weighted by atomic mass is 32.2. The molecule has 0 spiro atoms. The fourth-order valence-corrected chi connectivity index (χ4v) is 2.95. The van der Waals surface area contributed by atoms with Crippen LogP contribution in [0.25, 0.3) is 0 Å². The van der Waals surface area contributed by atoms with E-state index in [2.05, 4.69) is 28.4 Å². The number of nitrogens with two attached hydrogens (primary N) is 1. The van der Waals surface area contributed by atoms with Crippen molar-refractivity contribution in [2.45, 2.75) is 13.8 Å². The molecule has 2 rings (SSSR count). The molecule has 5 heteroatoms. The topological polar surface area (TPSA) is 50.5 Å². The Morgan fingerprint density at radius 1 is 1.30 bits per heavy atom. The van der Waals surface area contributed by atoms with Gasteiger partial charge in [0.1, 0.15) is 5.75 Å².